The summed E-state index contributed by atoms with van der Waals surface area (Å²) in [6.07, 6.45) is 10.6. The Kier molecular flexibility index (Phi) is 6.94. The molecule has 0 unspecified atom stereocenters. The van der Waals surface area contributed by atoms with Crippen LogP contribution in [0.4, 0.5) is 10.9 Å². The van der Waals surface area contributed by atoms with E-state index in [-0.39, 0.29) is 0 Å². The van der Waals surface area contributed by atoms with Gasteiger partial charge in [-0.1, -0.05) is 43.8 Å². The Morgan fingerprint density at radius 1 is 1.08 bits per heavy atom. The molecule has 1 saturated carbocycles. The summed E-state index contributed by atoms with van der Waals surface area (Å²) in [5.41, 5.74) is 4.59. The fourth-order valence-corrected chi connectivity index (χ4v) is 6.68. The van der Waals surface area contributed by atoms with Crippen LogP contribution in [0.1, 0.15) is 36.6 Å². The average Bonchev–Trinajstić information content (AvgIpc) is 3.68. The van der Waals surface area contributed by atoms with Gasteiger partial charge in [-0.15, -0.1) is 10.2 Å². The van der Waals surface area contributed by atoms with Crippen molar-refractivity contribution >= 4 is 52.4 Å². The SMILES string of the molecule is C[Si](C)(C)CCOCN(c1ccc2ncc(-c3c[nH]c4ncccc34)cc2n1)c1nnc(C2CCCC2)s1. The molecule has 0 saturated heterocycles. The minimum Gasteiger partial charge on any atom is -0.361 e. The Balaban J connectivity index is 1.33. The van der Waals surface area contributed by atoms with E-state index in [1.807, 2.05) is 30.6 Å². The van der Waals surface area contributed by atoms with Crippen LogP contribution in [0, 0.1) is 0 Å². The van der Waals surface area contributed by atoms with E-state index in [0.717, 1.165) is 61.8 Å². The lowest BCUT2D eigenvalue weighted by Crippen LogP contribution is -2.26. The van der Waals surface area contributed by atoms with Crippen molar-refractivity contribution in [3.05, 3.63) is 53.9 Å². The third-order valence-electron chi connectivity index (χ3n) is 7.14. The standard InChI is InChI=1S/C28H33N7OSSi/c1-38(2,3)14-13-36-18-35(28-34-33-27(37-28)19-7-4-5-8-19)25-11-10-23-24(32-25)15-20(16-30-23)22-17-31-26-21(22)9-6-12-29-26/h6,9-12,15-17,19H,4-5,7-8,13-14,18H2,1-3H3,(H,29,31). The Bertz CT molecular complexity index is 1550. The molecule has 0 bridgehead atoms. The van der Waals surface area contributed by atoms with Crippen LogP contribution < -0.4 is 4.90 Å². The quantitative estimate of drug-likeness (QED) is 0.120. The topological polar surface area (TPSA) is 92.7 Å². The summed E-state index contributed by atoms with van der Waals surface area (Å²) in [6.45, 7) is 8.22. The number of hydrogen-bond acceptors (Lipinski definition) is 8. The second-order valence-electron chi connectivity index (χ2n) is 11.2. The Morgan fingerprint density at radius 3 is 2.79 bits per heavy atom. The molecule has 8 nitrogen and oxygen atoms in total. The summed E-state index contributed by atoms with van der Waals surface area (Å²) < 4.78 is 6.19. The lowest BCUT2D eigenvalue weighted by molar-refractivity contribution is 0.153. The second-order valence-corrected chi connectivity index (χ2v) is 17.8. The molecule has 38 heavy (non-hydrogen) atoms. The normalized spacial score (nSPS) is 14.6. The van der Waals surface area contributed by atoms with Gasteiger partial charge in [-0.2, -0.15) is 0 Å². The molecule has 5 aromatic rings. The number of nitrogens with one attached hydrogen (secondary N) is 1. The molecule has 196 valence electrons. The highest BCUT2D eigenvalue weighted by molar-refractivity contribution is 7.15. The number of aromatic amines is 1. The highest BCUT2D eigenvalue weighted by atomic mass is 32.1. The average molecular weight is 544 g/mol. The van der Waals surface area contributed by atoms with Crippen LogP contribution in [0.25, 0.3) is 33.2 Å². The zero-order valence-electron chi connectivity index (χ0n) is 22.1. The third kappa shape index (κ3) is 5.34. The number of aromatic nitrogens is 6. The maximum absolute atomic E-state index is 6.19. The first kappa shape index (κ1) is 25.1. The molecule has 0 spiro atoms. The fourth-order valence-electron chi connectivity index (χ4n) is 4.92. The van der Waals surface area contributed by atoms with E-state index in [2.05, 4.69) is 56.8 Å². The van der Waals surface area contributed by atoms with Gasteiger partial charge in [0.05, 0.1) is 11.0 Å². The zero-order chi connectivity index (χ0) is 26.1. The monoisotopic (exact) mass is 543 g/mol. The summed E-state index contributed by atoms with van der Waals surface area (Å²) in [6, 6.07) is 11.2. The van der Waals surface area contributed by atoms with Gasteiger partial charge >= 0.3 is 0 Å². The predicted molar refractivity (Wildman–Crippen MR) is 157 cm³/mol. The molecule has 1 aliphatic carbocycles. The largest absolute Gasteiger partial charge is 0.361 e. The lowest BCUT2D eigenvalue weighted by Gasteiger charge is -2.22. The minimum atomic E-state index is -1.19. The number of pyridine rings is 3. The molecule has 0 atom stereocenters. The number of H-pyrrole nitrogens is 1. The molecule has 1 N–H and O–H groups in total. The van der Waals surface area contributed by atoms with Crippen molar-refractivity contribution in [3.63, 3.8) is 0 Å². The second kappa shape index (κ2) is 10.5. The van der Waals surface area contributed by atoms with Gasteiger partial charge < -0.3 is 9.72 Å². The van der Waals surface area contributed by atoms with Crippen molar-refractivity contribution in [2.24, 2.45) is 0 Å². The summed E-state index contributed by atoms with van der Waals surface area (Å²) in [7, 11) is -1.19. The maximum atomic E-state index is 6.19. The van der Waals surface area contributed by atoms with Crippen molar-refractivity contribution in [2.45, 2.75) is 57.3 Å². The van der Waals surface area contributed by atoms with Crippen LogP contribution in [-0.2, 0) is 4.74 Å². The Morgan fingerprint density at radius 2 is 1.95 bits per heavy atom. The molecule has 0 aromatic carbocycles. The van der Waals surface area contributed by atoms with Gasteiger partial charge in [0.1, 0.15) is 23.2 Å². The van der Waals surface area contributed by atoms with Crippen LogP contribution in [0.5, 0.6) is 0 Å². The van der Waals surface area contributed by atoms with E-state index in [1.165, 1.54) is 25.7 Å². The van der Waals surface area contributed by atoms with Crippen molar-refractivity contribution in [3.8, 4) is 11.1 Å². The van der Waals surface area contributed by atoms with Crippen LogP contribution in [0.15, 0.2) is 48.9 Å². The highest BCUT2D eigenvalue weighted by Crippen LogP contribution is 2.38. The summed E-state index contributed by atoms with van der Waals surface area (Å²) >= 11 is 1.67. The molecule has 0 amide bonds. The smallest absolute Gasteiger partial charge is 0.215 e. The van der Waals surface area contributed by atoms with Gasteiger partial charge in [0, 0.05) is 55.7 Å². The van der Waals surface area contributed by atoms with E-state index in [0.29, 0.717) is 12.6 Å². The Hall–Kier alpha value is -3.21. The van der Waals surface area contributed by atoms with E-state index in [9.17, 15) is 0 Å². The van der Waals surface area contributed by atoms with Gasteiger partial charge in [0.15, 0.2) is 0 Å². The minimum absolute atomic E-state index is 0.392. The molecular formula is C28H33N7OSSi. The van der Waals surface area contributed by atoms with Gasteiger partial charge in [-0.05, 0) is 49.2 Å². The first-order valence-electron chi connectivity index (χ1n) is 13.3. The summed E-state index contributed by atoms with van der Waals surface area (Å²) in [5.74, 6) is 1.32. The fraction of sp³-hybridized carbons (Fsp3) is 0.393. The van der Waals surface area contributed by atoms with E-state index >= 15 is 0 Å². The molecule has 1 fully saturated rings. The molecule has 10 heteroatoms. The summed E-state index contributed by atoms with van der Waals surface area (Å²) in [4.78, 5) is 19.5. The number of ether oxygens (including phenoxy) is 1. The van der Waals surface area contributed by atoms with Crippen molar-refractivity contribution in [1.29, 1.82) is 0 Å². The van der Waals surface area contributed by atoms with Gasteiger partial charge in [-0.25, -0.2) is 9.97 Å². The van der Waals surface area contributed by atoms with Gasteiger partial charge in [0.25, 0.3) is 0 Å². The predicted octanol–water partition coefficient (Wildman–Crippen LogP) is 7.13. The molecule has 0 aliphatic heterocycles. The first-order valence-corrected chi connectivity index (χ1v) is 17.8. The van der Waals surface area contributed by atoms with Crippen LogP contribution in [0.2, 0.25) is 25.7 Å². The molecule has 5 aromatic heterocycles. The Labute approximate surface area is 227 Å². The molecule has 6 rings (SSSR count). The van der Waals surface area contributed by atoms with Crippen LogP contribution in [-0.4, -0.2) is 51.5 Å². The molecular weight excluding hydrogens is 511 g/mol. The van der Waals surface area contributed by atoms with Gasteiger partial charge in [0.2, 0.25) is 5.13 Å². The van der Waals surface area contributed by atoms with Crippen molar-refractivity contribution in [2.75, 3.05) is 18.2 Å². The molecule has 1 aliphatic rings. The molecule has 5 heterocycles. The van der Waals surface area contributed by atoms with E-state index in [1.54, 1.807) is 17.5 Å². The van der Waals surface area contributed by atoms with Crippen molar-refractivity contribution < 1.29 is 4.74 Å². The highest BCUT2D eigenvalue weighted by Gasteiger charge is 2.24. The molecule has 0 radical (unpaired) electrons. The van der Waals surface area contributed by atoms with Gasteiger partial charge in [-0.3, -0.25) is 9.88 Å². The lowest BCUT2D eigenvalue weighted by atomic mass is 10.1. The maximum Gasteiger partial charge on any atom is 0.215 e. The van der Waals surface area contributed by atoms with Crippen molar-refractivity contribution in [1.82, 2.24) is 30.1 Å². The number of nitrogens with zero attached hydrogens (tertiary/aromatic N) is 6. The number of rotatable bonds is 9. The van der Waals surface area contributed by atoms with E-state index in [4.69, 9.17) is 14.7 Å². The van der Waals surface area contributed by atoms with Crippen LogP contribution >= 0.6 is 11.3 Å². The summed E-state index contributed by atoms with van der Waals surface area (Å²) in [5, 5.41) is 12.2. The first-order chi connectivity index (χ1) is 18.4. The number of hydrogen-bond donors (Lipinski definition) is 1. The van der Waals surface area contributed by atoms with E-state index < -0.39 is 8.07 Å². The number of anilines is 2. The van der Waals surface area contributed by atoms with Crippen LogP contribution in [0.3, 0.4) is 0 Å². The number of fused-ring (bicyclic) bond motifs is 2. The third-order valence-corrected chi connectivity index (χ3v) is 9.96. The zero-order valence-corrected chi connectivity index (χ0v) is 24.0.